The molecule has 0 aliphatic rings. The monoisotopic (exact) mass is 276 g/mol. The van der Waals surface area contributed by atoms with Crippen LogP contribution in [-0.4, -0.2) is 24.8 Å². The maximum Gasteiger partial charge on any atom is 0.314 e. The molecule has 0 heterocycles. The van der Waals surface area contributed by atoms with Gasteiger partial charge in [-0.05, 0) is 33.6 Å². The Hall–Kier alpha value is -0.160. The highest BCUT2D eigenvalue weighted by Crippen LogP contribution is 2.28. The van der Waals surface area contributed by atoms with Gasteiger partial charge in [0.05, 0.1) is 18.8 Å². The molecule has 19 heavy (non-hydrogen) atoms. The average Bonchev–Trinajstić information content (AvgIpc) is 2.34. The SMILES string of the molecule is CCCCOC(OOC(C)CC)(OC(C)C)C(C)C. The molecule has 0 saturated carbocycles. The Morgan fingerprint density at radius 3 is 2.05 bits per heavy atom. The van der Waals surface area contributed by atoms with Crippen molar-refractivity contribution in [2.45, 2.75) is 85.9 Å². The quantitative estimate of drug-likeness (QED) is 0.244. The second-order valence-corrected chi connectivity index (χ2v) is 5.53. The van der Waals surface area contributed by atoms with E-state index in [-0.39, 0.29) is 18.1 Å². The first kappa shape index (κ1) is 18.8. The van der Waals surface area contributed by atoms with Crippen LogP contribution in [0.25, 0.3) is 0 Å². The smallest absolute Gasteiger partial charge is 0.314 e. The minimum absolute atomic E-state index is 0.00422. The van der Waals surface area contributed by atoms with Gasteiger partial charge in [0.1, 0.15) is 0 Å². The first-order valence-corrected chi connectivity index (χ1v) is 7.54. The minimum atomic E-state index is -1.12. The van der Waals surface area contributed by atoms with Gasteiger partial charge in [0.15, 0.2) is 0 Å². The van der Waals surface area contributed by atoms with Gasteiger partial charge in [0.25, 0.3) is 0 Å². The maximum absolute atomic E-state index is 5.87. The van der Waals surface area contributed by atoms with Crippen LogP contribution in [0.3, 0.4) is 0 Å². The summed E-state index contributed by atoms with van der Waals surface area (Å²) < 4.78 is 11.7. The predicted molar refractivity (Wildman–Crippen MR) is 76.6 cm³/mol. The van der Waals surface area contributed by atoms with Crippen molar-refractivity contribution in [1.82, 2.24) is 0 Å². The Morgan fingerprint density at radius 2 is 1.63 bits per heavy atom. The molecule has 0 bridgehead atoms. The summed E-state index contributed by atoms with van der Waals surface area (Å²) in [4.78, 5) is 11.0. The Kier molecular flexibility index (Phi) is 9.62. The summed E-state index contributed by atoms with van der Waals surface area (Å²) in [7, 11) is 0. The topological polar surface area (TPSA) is 36.9 Å². The predicted octanol–water partition coefficient (Wildman–Crippen LogP) is 4.28. The van der Waals surface area contributed by atoms with Crippen molar-refractivity contribution in [3.63, 3.8) is 0 Å². The number of hydrogen-bond acceptors (Lipinski definition) is 4. The largest absolute Gasteiger partial charge is 0.325 e. The van der Waals surface area contributed by atoms with E-state index in [2.05, 4.69) is 6.92 Å². The zero-order valence-corrected chi connectivity index (χ0v) is 13.7. The van der Waals surface area contributed by atoms with E-state index in [1.54, 1.807) is 0 Å². The number of hydrogen-bond donors (Lipinski definition) is 0. The van der Waals surface area contributed by atoms with Crippen LogP contribution >= 0.6 is 0 Å². The third-order valence-corrected chi connectivity index (χ3v) is 2.81. The third kappa shape index (κ3) is 7.25. The van der Waals surface area contributed by atoms with Crippen LogP contribution in [0.15, 0.2) is 0 Å². The molecular formula is C15H32O4. The molecule has 4 heteroatoms. The molecule has 0 aromatic heterocycles. The number of unbranched alkanes of at least 4 members (excludes halogenated alkanes) is 1. The van der Waals surface area contributed by atoms with Crippen LogP contribution in [0, 0.1) is 5.92 Å². The van der Waals surface area contributed by atoms with Gasteiger partial charge in [-0.15, -0.1) is 0 Å². The fourth-order valence-corrected chi connectivity index (χ4v) is 1.38. The van der Waals surface area contributed by atoms with Crippen molar-refractivity contribution >= 4 is 0 Å². The van der Waals surface area contributed by atoms with E-state index in [4.69, 9.17) is 19.2 Å². The Balaban J connectivity index is 4.70. The van der Waals surface area contributed by atoms with Crippen LogP contribution in [0.4, 0.5) is 0 Å². The molecule has 0 aliphatic carbocycles. The lowest BCUT2D eigenvalue weighted by molar-refractivity contribution is -0.533. The van der Waals surface area contributed by atoms with E-state index >= 15 is 0 Å². The molecule has 0 saturated heterocycles. The van der Waals surface area contributed by atoms with Gasteiger partial charge in [-0.1, -0.05) is 34.1 Å². The van der Waals surface area contributed by atoms with Gasteiger partial charge < -0.3 is 9.47 Å². The van der Waals surface area contributed by atoms with Gasteiger partial charge in [-0.25, -0.2) is 4.89 Å². The molecule has 4 nitrogen and oxygen atoms in total. The van der Waals surface area contributed by atoms with E-state index in [0.29, 0.717) is 6.61 Å². The lowest BCUT2D eigenvalue weighted by Crippen LogP contribution is -2.47. The molecule has 0 amide bonds. The molecule has 2 unspecified atom stereocenters. The highest BCUT2D eigenvalue weighted by molar-refractivity contribution is 4.63. The van der Waals surface area contributed by atoms with Crippen LogP contribution in [0.5, 0.6) is 0 Å². The zero-order chi connectivity index (χ0) is 14.9. The van der Waals surface area contributed by atoms with Crippen molar-refractivity contribution in [2.75, 3.05) is 6.61 Å². The summed E-state index contributed by atoms with van der Waals surface area (Å²) in [5.74, 6) is -1.08. The molecule has 0 rings (SSSR count). The molecule has 0 aromatic carbocycles. The molecule has 0 N–H and O–H groups in total. The van der Waals surface area contributed by atoms with E-state index in [0.717, 1.165) is 19.3 Å². The van der Waals surface area contributed by atoms with E-state index in [1.165, 1.54) is 0 Å². The standard InChI is InChI=1S/C15H32O4/c1-8-10-11-16-15(12(3)4,17-13(5)6)19-18-14(7)9-2/h12-14H,8-11H2,1-7H3. The molecule has 0 fully saturated rings. The highest BCUT2D eigenvalue weighted by Gasteiger charge is 2.40. The maximum atomic E-state index is 5.87. The Bertz CT molecular complexity index is 218. The zero-order valence-electron chi connectivity index (χ0n) is 13.7. The lowest BCUT2D eigenvalue weighted by atomic mass is 10.1. The van der Waals surface area contributed by atoms with Crippen molar-refractivity contribution < 1.29 is 19.2 Å². The molecule has 116 valence electrons. The van der Waals surface area contributed by atoms with Crippen LogP contribution in [0.1, 0.15) is 67.7 Å². The summed E-state index contributed by atoms with van der Waals surface area (Å²) in [5, 5.41) is 0. The molecule has 0 aliphatic heterocycles. The van der Waals surface area contributed by atoms with E-state index in [9.17, 15) is 0 Å². The van der Waals surface area contributed by atoms with Crippen molar-refractivity contribution in [2.24, 2.45) is 5.92 Å². The Morgan fingerprint density at radius 1 is 1.00 bits per heavy atom. The van der Waals surface area contributed by atoms with E-state index < -0.39 is 5.97 Å². The first-order valence-electron chi connectivity index (χ1n) is 7.54. The summed E-state index contributed by atoms with van der Waals surface area (Å²) in [6.07, 6.45) is 2.95. The number of ether oxygens (including phenoxy) is 2. The number of rotatable bonds is 11. The van der Waals surface area contributed by atoms with Crippen LogP contribution in [0.2, 0.25) is 0 Å². The van der Waals surface area contributed by atoms with Gasteiger partial charge in [-0.2, -0.15) is 4.89 Å². The fraction of sp³-hybridized carbons (Fsp3) is 1.00. The molecular weight excluding hydrogens is 244 g/mol. The van der Waals surface area contributed by atoms with E-state index in [1.807, 2.05) is 41.5 Å². The normalized spacial score (nSPS) is 16.9. The lowest BCUT2D eigenvalue weighted by Gasteiger charge is -2.37. The summed E-state index contributed by atoms with van der Waals surface area (Å²) in [6.45, 7) is 14.7. The summed E-state index contributed by atoms with van der Waals surface area (Å²) >= 11 is 0. The van der Waals surface area contributed by atoms with Gasteiger partial charge in [-0.3, -0.25) is 0 Å². The third-order valence-electron chi connectivity index (χ3n) is 2.81. The first-order chi connectivity index (χ1) is 8.88. The highest BCUT2D eigenvalue weighted by atomic mass is 17.3. The Labute approximate surface area is 118 Å². The van der Waals surface area contributed by atoms with Gasteiger partial charge in [0, 0.05) is 5.92 Å². The molecule has 0 radical (unpaired) electrons. The minimum Gasteiger partial charge on any atom is -0.325 e. The fourth-order valence-electron chi connectivity index (χ4n) is 1.38. The molecule has 2 atom stereocenters. The van der Waals surface area contributed by atoms with Gasteiger partial charge >= 0.3 is 5.97 Å². The molecule has 0 aromatic rings. The second kappa shape index (κ2) is 9.70. The average molecular weight is 276 g/mol. The summed E-state index contributed by atoms with van der Waals surface area (Å²) in [6, 6.07) is 0. The summed E-state index contributed by atoms with van der Waals surface area (Å²) in [5.41, 5.74) is 0. The second-order valence-electron chi connectivity index (χ2n) is 5.53. The van der Waals surface area contributed by atoms with Crippen molar-refractivity contribution in [1.29, 1.82) is 0 Å². The van der Waals surface area contributed by atoms with Crippen molar-refractivity contribution in [3.8, 4) is 0 Å². The van der Waals surface area contributed by atoms with Crippen LogP contribution < -0.4 is 0 Å². The molecule has 0 spiro atoms. The van der Waals surface area contributed by atoms with Crippen molar-refractivity contribution in [3.05, 3.63) is 0 Å². The van der Waals surface area contributed by atoms with Gasteiger partial charge in [0.2, 0.25) is 0 Å². The van der Waals surface area contributed by atoms with Crippen LogP contribution in [-0.2, 0) is 19.2 Å².